The highest BCUT2D eigenvalue weighted by Gasteiger charge is 2.17. The van der Waals surface area contributed by atoms with E-state index in [0.717, 1.165) is 51.3 Å². The Balaban J connectivity index is 1.29. The summed E-state index contributed by atoms with van der Waals surface area (Å²) in [6, 6.07) is 8.32. The van der Waals surface area contributed by atoms with Gasteiger partial charge in [0.05, 0.1) is 18.5 Å². The number of amides is 1. The van der Waals surface area contributed by atoms with Crippen LogP contribution in [0.15, 0.2) is 36.7 Å². The maximum Gasteiger partial charge on any atom is 0.271 e. The van der Waals surface area contributed by atoms with Gasteiger partial charge in [-0.3, -0.25) is 4.79 Å². The number of piperazine rings is 1. The summed E-state index contributed by atoms with van der Waals surface area (Å²) in [6.45, 7) is 5.56. The van der Waals surface area contributed by atoms with Crippen molar-refractivity contribution in [3.05, 3.63) is 42.4 Å². The molecule has 29 heavy (non-hydrogen) atoms. The zero-order valence-corrected chi connectivity index (χ0v) is 16.8. The minimum Gasteiger partial charge on any atom is -0.376 e. The lowest BCUT2D eigenvalue weighted by molar-refractivity contribution is 0.0853. The van der Waals surface area contributed by atoms with Crippen LogP contribution < -0.4 is 15.5 Å². The lowest BCUT2D eigenvalue weighted by Gasteiger charge is -2.34. The van der Waals surface area contributed by atoms with Gasteiger partial charge in [0.2, 0.25) is 0 Å². The SMILES string of the molecule is CN1CCN(c2ccc(Nc3cnc(C(=O)NCC4CCCO4)cn3)cc2)CC1. The average Bonchev–Trinajstić information content (AvgIpc) is 3.27. The van der Waals surface area contributed by atoms with Gasteiger partial charge in [0.25, 0.3) is 5.91 Å². The minimum absolute atomic E-state index is 0.113. The van der Waals surface area contributed by atoms with Gasteiger partial charge in [0, 0.05) is 50.7 Å². The quantitative estimate of drug-likeness (QED) is 0.771. The van der Waals surface area contributed by atoms with Crippen LogP contribution in [0.4, 0.5) is 17.2 Å². The number of nitrogens with zero attached hydrogens (tertiary/aromatic N) is 4. The summed E-state index contributed by atoms with van der Waals surface area (Å²) < 4.78 is 5.51. The highest BCUT2D eigenvalue weighted by molar-refractivity contribution is 5.92. The van der Waals surface area contributed by atoms with Crippen molar-refractivity contribution in [3.8, 4) is 0 Å². The van der Waals surface area contributed by atoms with Crippen molar-refractivity contribution in [2.45, 2.75) is 18.9 Å². The van der Waals surface area contributed by atoms with Crippen LogP contribution in [0, 0.1) is 0 Å². The van der Waals surface area contributed by atoms with E-state index < -0.39 is 0 Å². The van der Waals surface area contributed by atoms with Gasteiger partial charge in [-0.2, -0.15) is 0 Å². The maximum absolute atomic E-state index is 12.2. The minimum atomic E-state index is -0.226. The molecule has 0 bridgehead atoms. The molecule has 1 atom stereocenters. The maximum atomic E-state index is 12.2. The highest BCUT2D eigenvalue weighted by Crippen LogP contribution is 2.21. The van der Waals surface area contributed by atoms with Gasteiger partial charge in [0.1, 0.15) is 11.5 Å². The Morgan fingerprint density at radius 3 is 2.59 bits per heavy atom. The molecular weight excluding hydrogens is 368 g/mol. The van der Waals surface area contributed by atoms with Crippen molar-refractivity contribution in [2.75, 3.05) is 56.6 Å². The van der Waals surface area contributed by atoms with E-state index in [-0.39, 0.29) is 12.0 Å². The molecule has 2 aliphatic heterocycles. The van der Waals surface area contributed by atoms with Gasteiger partial charge >= 0.3 is 0 Å². The average molecular weight is 396 g/mol. The van der Waals surface area contributed by atoms with Crippen LogP contribution in [-0.2, 0) is 4.74 Å². The normalized spacial score (nSPS) is 19.9. The Kier molecular flexibility index (Phi) is 6.21. The highest BCUT2D eigenvalue weighted by atomic mass is 16.5. The number of anilines is 3. The largest absolute Gasteiger partial charge is 0.376 e. The third-order valence-corrected chi connectivity index (χ3v) is 5.41. The van der Waals surface area contributed by atoms with E-state index in [9.17, 15) is 4.79 Å². The van der Waals surface area contributed by atoms with E-state index in [0.29, 0.717) is 18.1 Å². The molecule has 4 rings (SSSR count). The van der Waals surface area contributed by atoms with Crippen LogP contribution in [0.25, 0.3) is 0 Å². The van der Waals surface area contributed by atoms with Gasteiger partial charge in [-0.15, -0.1) is 0 Å². The van der Waals surface area contributed by atoms with Crippen LogP contribution in [-0.4, -0.2) is 73.3 Å². The number of aromatic nitrogens is 2. The molecule has 2 aliphatic rings. The smallest absolute Gasteiger partial charge is 0.271 e. The molecule has 3 heterocycles. The molecule has 0 radical (unpaired) electrons. The lowest BCUT2D eigenvalue weighted by atomic mass is 10.2. The van der Waals surface area contributed by atoms with Crippen LogP contribution in [0.2, 0.25) is 0 Å². The van der Waals surface area contributed by atoms with E-state index in [2.05, 4.69) is 49.6 Å². The molecule has 8 nitrogen and oxygen atoms in total. The van der Waals surface area contributed by atoms with Crippen molar-refractivity contribution < 1.29 is 9.53 Å². The standard InChI is InChI=1S/C21H28N6O2/c1-26-8-10-27(11-9-26)17-6-4-16(5-7-17)25-20-15-22-19(14-23-20)21(28)24-13-18-3-2-12-29-18/h4-7,14-15,18H,2-3,8-13H2,1H3,(H,23,25)(H,24,28). The second-order valence-corrected chi connectivity index (χ2v) is 7.59. The van der Waals surface area contributed by atoms with Crippen molar-refractivity contribution in [3.63, 3.8) is 0 Å². The first-order valence-electron chi connectivity index (χ1n) is 10.2. The monoisotopic (exact) mass is 396 g/mol. The lowest BCUT2D eigenvalue weighted by Crippen LogP contribution is -2.44. The van der Waals surface area contributed by atoms with Crippen LogP contribution in [0.1, 0.15) is 23.3 Å². The van der Waals surface area contributed by atoms with Gasteiger partial charge in [-0.1, -0.05) is 0 Å². The second-order valence-electron chi connectivity index (χ2n) is 7.59. The number of carbonyl (C=O) groups is 1. The predicted molar refractivity (Wildman–Crippen MR) is 113 cm³/mol. The molecule has 2 fully saturated rings. The Bertz CT molecular complexity index is 797. The topological polar surface area (TPSA) is 82.6 Å². The van der Waals surface area contributed by atoms with E-state index in [4.69, 9.17) is 4.74 Å². The van der Waals surface area contributed by atoms with Gasteiger partial charge in [0.15, 0.2) is 0 Å². The summed E-state index contributed by atoms with van der Waals surface area (Å²) in [4.78, 5) is 25.5. The van der Waals surface area contributed by atoms with E-state index in [1.54, 1.807) is 6.20 Å². The zero-order valence-electron chi connectivity index (χ0n) is 16.8. The molecule has 2 N–H and O–H groups in total. The zero-order chi connectivity index (χ0) is 20.1. The number of rotatable bonds is 6. The molecule has 2 saturated heterocycles. The van der Waals surface area contributed by atoms with Gasteiger partial charge < -0.3 is 25.2 Å². The number of hydrogen-bond donors (Lipinski definition) is 2. The first kappa shape index (κ1) is 19.6. The van der Waals surface area contributed by atoms with Crippen molar-refractivity contribution in [2.24, 2.45) is 0 Å². The number of benzene rings is 1. The molecule has 1 aromatic carbocycles. The molecule has 0 spiro atoms. The molecular formula is C21H28N6O2. The van der Waals surface area contributed by atoms with E-state index in [1.807, 2.05) is 12.1 Å². The molecule has 1 unspecified atom stereocenters. The summed E-state index contributed by atoms with van der Waals surface area (Å²) in [6.07, 6.45) is 5.22. The van der Waals surface area contributed by atoms with Crippen molar-refractivity contribution >= 4 is 23.1 Å². The Morgan fingerprint density at radius 2 is 1.93 bits per heavy atom. The van der Waals surface area contributed by atoms with Crippen LogP contribution >= 0.6 is 0 Å². The number of likely N-dealkylation sites (N-methyl/N-ethyl adjacent to an activating group) is 1. The Morgan fingerprint density at radius 1 is 1.14 bits per heavy atom. The Labute approximate surface area is 171 Å². The molecule has 2 aromatic rings. The van der Waals surface area contributed by atoms with Gasteiger partial charge in [-0.25, -0.2) is 9.97 Å². The summed E-state index contributed by atoms with van der Waals surface area (Å²) in [7, 11) is 2.16. The fourth-order valence-corrected chi connectivity index (χ4v) is 3.58. The fourth-order valence-electron chi connectivity index (χ4n) is 3.58. The number of carbonyl (C=O) groups excluding carboxylic acids is 1. The second kappa shape index (κ2) is 9.19. The summed E-state index contributed by atoms with van der Waals surface area (Å²) >= 11 is 0. The van der Waals surface area contributed by atoms with E-state index >= 15 is 0 Å². The van der Waals surface area contributed by atoms with Crippen molar-refractivity contribution in [1.82, 2.24) is 20.2 Å². The third-order valence-electron chi connectivity index (χ3n) is 5.41. The summed E-state index contributed by atoms with van der Waals surface area (Å²) in [5.41, 5.74) is 2.47. The first-order chi connectivity index (χ1) is 14.2. The first-order valence-corrected chi connectivity index (χ1v) is 10.2. The molecule has 1 amide bonds. The number of hydrogen-bond acceptors (Lipinski definition) is 7. The Hall–Kier alpha value is -2.71. The van der Waals surface area contributed by atoms with Crippen LogP contribution in [0.3, 0.4) is 0 Å². The number of ether oxygens (including phenoxy) is 1. The molecule has 1 aromatic heterocycles. The third kappa shape index (κ3) is 5.21. The molecule has 154 valence electrons. The molecule has 8 heteroatoms. The molecule has 0 saturated carbocycles. The predicted octanol–water partition coefficient (Wildman–Crippen LogP) is 1.88. The van der Waals surface area contributed by atoms with E-state index in [1.165, 1.54) is 11.9 Å². The summed E-state index contributed by atoms with van der Waals surface area (Å²) in [5, 5.41) is 6.09. The molecule has 0 aliphatic carbocycles. The fraction of sp³-hybridized carbons (Fsp3) is 0.476. The number of nitrogens with one attached hydrogen (secondary N) is 2. The van der Waals surface area contributed by atoms with Crippen molar-refractivity contribution in [1.29, 1.82) is 0 Å². The summed E-state index contributed by atoms with van der Waals surface area (Å²) in [5.74, 6) is 0.379. The van der Waals surface area contributed by atoms with Crippen LogP contribution in [0.5, 0.6) is 0 Å². The van der Waals surface area contributed by atoms with Gasteiger partial charge in [-0.05, 0) is 44.2 Å².